The fraction of sp³-hybridized carbons (Fsp3) is 0.333. The van der Waals surface area contributed by atoms with Crippen LogP contribution < -0.4 is 11.2 Å². The van der Waals surface area contributed by atoms with Crippen molar-refractivity contribution >= 4 is 40.2 Å². The quantitative estimate of drug-likeness (QED) is 0.552. The zero-order chi connectivity index (χ0) is 16.4. The van der Waals surface area contributed by atoms with Gasteiger partial charge in [0.1, 0.15) is 11.2 Å². The van der Waals surface area contributed by atoms with E-state index in [1.54, 1.807) is 0 Å². The highest BCUT2D eigenvalue weighted by molar-refractivity contribution is 6.67. The number of hydrogen-bond acceptors (Lipinski definition) is 4. The van der Waals surface area contributed by atoms with Crippen molar-refractivity contribution in [3.05, 3.63) is 36.4 Å². The highest BCUT2D eigenvalue weighted by atomic mass is 16.7. The van der Waals surface area contributed by atoms with Crippen LogP contribution in [0.25, 0.3) is 21.9 Å². The Kier molecular flexibility index (Phi) is 2.87. The maximum Gasteiger partial charge on any atom is 0.497 e. The van der Waals surface area contributed by atoms with E-state index in [0.29, 0.717) is 5.69 Å². The van der Waals surface area contributed by atoms with Gasteiger partial charge in [0.15, 0.2) is 0 Å². The molecule has 2 N–H and O–H groups in total. The van der Waals surface area contributed by atoms with E-state index in [2.05, 4.69) is 0 Å². The van der Waals surface area contributed by atoms with Crippen LogP contribution >= 0.6 is 0 Å². The van der Waals surface area contributed by atoms with Crippen LogP contribution in [0.4, 0.5) is 5.69 Å². The van der Waals surface area contributed by atoms with Crippen molar-refractivity contribution < 1.29 is 13.7 Å². The van der Waals surface area contributed by atoms with Gasteiger partial charge in [-0.2, -0.15) is 0 Å². The van der Waals surface area contributed by atoms with Gasteiger partial charge in [0.05, 0.1) is 11.2 Å². The zero-order valence-electron chi connectivity index (χ0n) is 13.8. The van der Waals surface area contributed by atoms with Gasteiger partial charge in [-0.1, -0.05) is 18.2 Å². The third-order valence-electron chi connectivity index (χ3n) is 5.11. The Balaban J connectivity index is 1.99. The topological polar surface area (TPSA) is 57.6 Å². The van der Waals surface area contributed by atoms with Crippen molar-refractivity contribution in [2.45, 2.75) is 38.9 Å². The summed E-state index contributed by atoms with van der Waals surface area (Å²) in [4.78, 5) is 0. The minimum Gasteiger partial charge on any atom is -0.456 e. The monoisotopic (exact) mass is 309 g/mol. The summed E-state index contributed by atoms with van der Waals surface area (Å²) in [5, 5.41) is 2.00. The summed E-state index contributed by atoms with van der Waals surface area (Å²) in [5.41, 5.74) is 8.61. The molecule has 0 spiro atoms. The van der Waals surface area contributed by atoms with Gasteiger partial charge >= 0.3 is 7.12 Å². The number of para-hydroxylation sites is 1. The number of rotatable bonds is 1. The normalized spacial score (nSPS) is 19.7. The Morgan fingerprint density at radius 3 is 2.22 bits per heavy atom. The second-order valence-electron chi connectivity index (χ2n) is 7.13. The summed E-state index contributed by atoms with van der Waals surface area (Å²) in [5.74, 6) is 0. The molecule has 0 bridgehead atoms. The van der Waals surface area contributed by atoms with Crippen LogP contribution in [-0.2, 0) is 9.31 Å². The van der Waals surface area contributed by atoms with Gasteiger partial charge in [0, 0.05) is 21.9 Å². The fourth-order valence-electron chi connectivity index (χ4n) is 3.07. The van der Waals surface area contributed by atoms with Crippen molar-refractivity contribution in [1.82, 2.24) is 0 Å². The number of fused-ring (bicyclic) bond motifs is 3. The number of anilines is 1. The number of hydrogen-bond donors (Lipinski definition) is 1. The van der Waals surface area contributed by atoms with Gasteiger partial charge < -0.3 is 19.5 Å². The van der Waals surface area contributed by atoms with Crippen LogP contribution in [0.5, 0.6) is 0 Å². The first-order chi connectivity index (χ1) is 10.8. The molecule has 23 heavy (non-hydrogen) atoms. The lowest BCUT2D eigenvalue weighted by atomic mass is 9.75. The molecule has 1 aliphatic rings. The molecule has 0 atom stereocenters. The van der Waals surface area contributed by atoms with Gasteiger partial charge in [-0.05, 0) is 45.9 Å². The van der Waals surface area contributed by atoms with Gasteiger partial charge in [0.25, 0.3) is 0 Å². The van der Waals surface area contributed by atoms with Crippen molar-refractivity contribution in [3.8, 4) is 0 Å². The fourth-order valence-corrected chi connectivity index (χ4v) is 3.07. The van der Waals surface area contributed by atoms with Crippen LogP contribution in [0.3, 0.4) is 0 Å². The van der Waals surface area contributed by atoms with E-state index in [1.807, 2.05) is 64.1 Å². The first-order valence-corrected chi connectivity index (χ1v) is 7.85. The molecule has 0 amide bonds. The van der Waals surface area contributed by atoms with Crippen LogP contribution in [0.2, 0.25) is 0 Å². The molecule has 118 valence electrons. The molecule has 0 unspecified atom stereocenters. The Morgan fingerprint density at radius 2 is 1.52 bits per heavy atom. The Labute approximate surface area is 135 Å². The lowest BCUT2D eigenvalue weighted by Gasteiger charge is -2.32. The largest absolute Gasteiger partial charge is 0.497 e. The van der Waals surface area contributed by atoms with Crippen LogP contribution in [0, 0.1) is 0 Å². The standard InChI is InChI=1S/C18H20BNO3/c1-17(2)18(3,4)23-19(22-17)16-12(20)9-10-14-15(16)11-7-5-6-8-13(11)21-14/h5-10H,20H2,1-4H3. The van der Waals surface area contributed by atoms with Crippen molar-refractivity contribution in [2.24, 2.45) is 0 Å². The number of furan rings is 1. The molecule has 0 radical (unpaired) electrons. The van der Waals surface area contributed by atoms with E-state index in [1.165, 1.54) is 0 Å². The van der Waals surface area contributed by atoms with E-state index in [0.717, 1.165) is 27.4 Å². The van der Waals surface area contributed by atoms with E-state index < -0.39 is 18.3 Å². The average Bonchev–Trinajstić information content (AvgIpc) is 2.94. The predicted molar refractivity (Wildman–Crippen MR) is 93.8 cm³/mol. The lowest BCUT2D eigenvalue weighted by molar-refractivity contribution is 0.00578. The van der Waals surface area contributed by atoms with Crippen molar-refractivity contribution in [2.75, 3.05) is 5.73 Å². The second kappa shape index (κ2) is 4.52. The van der Waals surface area contributed by atoms with Crippen LogP contribution in [-0.4, -0.2) is 18.3 Å². The summed E-state index contributed by atoms with van der Waals surface area (Å²) in [7, 11) is -0.510. The van der Waals surface area contributed by atoms with E-state index in [9.17, 15) is 0 Å². The highest BCUT2D eigenvalue weighted by Crippen LogP contribution is 2.38. The Morgan fingerprint density at radius 1 is 0.870 bits per heavy atom. The molecule has 1 saturated heterocycles. The average molecular weight is 309 g/mol. The highest BCUT2D eigenvalue weighted by Gasteiger charge is 2.52. The lowest BCUT2D eigenvalue weighted by Crippen LogP contribution is -2.41. The maximum absolute atomic E-state index is 6.29. The van der Waals surface area contributed by atoms with E-state index >= 15 is 0 Å². The van der Waals surface area contributed by atoms with Gasteiger partial charge in [-0.25, -0.2) is 0 Å². The van der Waals surface area contributed by atoms with Gasteiger partial charge in [0.2, 0.25) is 0 Å². The third kappa shape index (κ3) is 2.00. The molecule has 1 aliphatic heterocycles. The molecule has 1 aromatic heterocycles. The molecule has 4 rings (SSSR count). The minimum atomic E-state index is -0.510. The molecular weight excluding hydrogens is 289 g/mol. The Bertz CT molecular complexity index is 897. The number of benzene rings is 2. The third-order valence-corrected chi connectivity index (χ3v) is 5.11. The molecule has 2 heterocycles. The molecule has 4 nitrogen and oxygen atoms in total. The SMILES string of the molecule is CC1(C)OB(c2c(N)ccc3oc4ccccc4c23)OC1(C)C. The van der Waals surface area contributed by atoms with Gasteiger partial charge in [-0.15, -0.1) is 0 Å². The summed E-state index contributed by atoms with van der Waals surface area (Å²) in [6.07, 6.45) is 0. The molecule has 0 saturated carbocycles. The van der Waals surface area contributed by atoms with E-state index in [-0.39, 0.29) is 0 Å². The second-order valence-corrected chi connectivity index (χ2v) is 7.13. The van der Waals surface area contributed by atoms with Crippen molar-refractivity contribution in [3.63, 3.8) is 0 Å². The first kappa shape index (κ1) is 14.6. The zero-order valence-corrected chi connectivity index (χ0v) is 13.8. The molecule has 3 aromatic rings. The van der Waals surface area contributed by atoms with Crippen LogP contribution in [0.15, 0.2) is 40.8 Å². The molecule has 1 fully saturated rings. The Hall–Kier alpha value is -1.98. The minimum absolute atomic E-state index is 0.411. The predicted octanol–water partition coefficient (Wildman–Crippen LogP) is 3.47. The summed E-state index contributed by atoms with van der Waals surface area (Å²) in [6, 6.07) is 11.7. The number of nitrogen functional groups attached to an aromatic ring is 1. The van der Waals surface area contributed by atoms with Gasteiger partial charge in [-0.3, -0.25) is 0 Å². The van der Waals surface area contributed by atoms with E-state index in [4.69, 9.17) is 19.5 Å². The van der Waals surface area contributed by atoms with Crippen molar-refractivity contribution in [1.29, 1.82) is 0 Å². The summed E-state index contributed by atoms with van der Waals surface area (Å²) >= 11 is 0. The first-order valence-electron chi connectivity index (χ1n) is 7.85. The number of nitrogens with two attached hydrogens (primary N) is 1. The molecule has 2 aromatic carbocycles. The summed E-state index contributed by atoms with van der Waals surface area (Å²) < 4.78 is 18.4. The maximum atomic E-state index is 6.29. The summed E-state index contributed by atoms with van der Waals surface area (Å²) in [6.45, 7) is 8.15. The molecular formula is C18H20BNO3. The smallest absolute Gasteiger partial charge is 0.456 e. The molecule has 5 heteroatoms. The molecule has 0 aliphatic carbocycles. The van der Waals surface area contributed by atoms with Crippen LogP contribution in [0.1, 0.15) is 27.7 Å².